The summed E-state index contributed by atoms with van der Waals surface area (Å²) in [6.07, 6.45) is 7.46. The zero-order valence-corrected chi connectivity index (χ0v) is 37.8. The van der Waals surface area contributed by atoms with Crippen LogP contribution in [0.1, 0.15) is 119 Å². The highest BCUT2D eigenvalue weighted by Gasteiger charge is 2.40. The number of rotatable bonds is 17. The zero-order chi connectivity index (χ0) is 43.9. The molecule has 0 aliphatic carbocycles. The van der Waals surface area contributed by atoms with Crippen LogP contribution in [0, 0.1) is 0 Å². The molecule has 10 nitrogen and oxygen atoms in total. The minimum Gasteiger partial charge on any atom is -0.344 e. The predicted octanol–water partition coefficient (Wildman–Crippen LogP) is 10.6. The SMILES string of the molecule is CCCc1[nH]c([C@@H]2CCCN2C(=O)[C@@H](c2ccccc2)N(CC)CC)nc1-c1ccc(-c2ccc(-c3cnc([C@@H]4CCCN4C(=O)[C@@H](c4ccccc4)N(CC)CC)[nH]3)cc2)cc1. The number of hydrogen-bond acceptors (Lipinski definition) is 6. The Hall–Kier alpha value is -5.84. The van der Waals surface area contributed by atoms with Crippen LogP contribution in [0.4, 0.5) is 0 Å². The van der Waals surface area contributed by atoms with E-state index in [1.54, 1.807) is 0 Å². The number of aromatic nitrogens is 4. The molecule has 2 N–H and O–H groups in total. The number of likely N-dealkylation sites (N-methyl/N-ethyl adjacent to an activating group) is 2. The van der Waals surface area contributed by atoms with Crippen LogP contribution in [-0.2, 0) is 16.0 Å². The Kier molecular flexibility index (Phi) is 14.0. The monoisotopic (exact) mass is 845 g/mol. The predicted molar refractivity (Wildman–Crippen MR) is 253 cm³/mol. The maximum Gasteiger partial charge on any atom is 0.245 e. The Morgan fingerprint density at radius 3 is 1.54 bits per heavy atom. The highest BCUT2D eigenvalue weighted by Crippen LogP contribution is 2.38. The van der Waals surface area contributed by atoms with Crippen molar-refractivity contribution in [3.63, 3.8) is 0 Å². The van der Waals surface area contributed by atoms with Crippen LogP contribution in [0.25, 0.3) is 33.6 Å². The van der Waals surface area contributed by atoms with Crippen molar-refractivity contribution >= 4 is 11.8 Å². The first-order valence-corrected chi connectivity index (χ1v) is 23.4. The van der Waals surface area contributed by atoms with E-state index >= 15 is 0 Å². The third-order valence-electron chi connectivity index (χ3n) is 13.3. The molecular weight excluding hydrogens is 781 g/mol. The number of nitrogens with one attached hydrogen (secondary N) is 2. The number of carbonyl (C=O) groups is 2. The summed E-state index contributed by atoms with van der Waals surface area (Å²) in [4.78, 5) is 54.8. The van der Waals surface area contributed by atoms with E-state index in [1.165, 1.54) is 0 Å². The quantitative estimate of drug-likeness (QED) is 0.0948. The fraction of sp³-hybridized carbons (Fsp3) is 0.396. The van der Waals surface area contributed by atoms with Crippen molar-refractivity contribution in [1.29, 1.82) is 0 Å². The number of likely N-dealkylation sites (tertiary alicyclic amines) is 2. The van der Waals surface area contributed by atoms with Gasteiger partial charge in [-0.1, -0.05) is 150 Å². The lowest BCUT2D eigenvalue weighted by molar-refractivity contribution is -0.139. The molecule has 4 atom stereocenters. The van der Waals surface area contributed by atoms with Crippen LogP contribution < -0.4 is 0 Å². The van der Waals surface area contributed by atoms with Crippen LogP contribution in [-0.4, -0.2) is 90.6 Å². The number of aromatic amines is 2. The van der Waals surface area contributed by atoms with Gasteiger partial charge in [-0.3, -0.25) is 19.4 Å². The van der Waals surface area contributed by atoms with Crippen molar-refractivity contribution in [3.05, 3.63) is 144 Å². The van der Waals surface area contributed by atoms with Crippen molar-refractivity contribution in [1.82, 2.24) is 39.5 Å². The van der Waals surface area contributed by atoms with Crippen LogP contribution in [0.3, 0.4) is 0 Å². The average molecular weight is 845 g/mol. The largest absolute Gasteiger partial charge is 0.344 e. The molecule has 6 aromatic rings. The molecule has 63 heavy (non-hydrogen) atoms. The molecule has 0 saturated carbocycles. The van der Waals surface area contributed by atoms with Crippen molar-refractivity contribution in [2.75, 3.05) is 39.3 Å². The van der Waals surface area contributed by atoms with Gasteiger partial charge in [0.2, 0.25) is 11.8 Å². The molecule has 2 aromatic heterocycles. The number of carbonyl (C=O) groups excluding carboxylic acids is 2. The Bertz CT molecular complexity index is 2400. The third-order valence-corrected chi connectivity index (χ3v) is 13.3. The van der Waals surface area contributed by atoms with Gasteiger partial charge in [0.1, 0.15) is 23.7 Å². The van der Waals surface area contributed by atoms with E-state index in [4.69, 9.17) is 9.97 Å². The molecule has 2 aliphatic rings. The maximum absolute atomic E-state index is 14.5. The van der Waals surface area contributed by atoms with E-state index in [2.05, 4.69) is 132 Å². The van der Waals surface area contributed by atoms with Crippen molar-refractivity contribution in [2.24, 2.45) is 0 Å². The summed E-state index contributed by atoms with van der Waals surface area (Å²) in [5.74, 6) is 2.02. The number of imidazole rings is 2. The van der Waals surface area contributed by atoms with Crippen molar-refractivity contribution < 1.29 is 9.59 Å². The second kappa shape index (κ2) is 20.1. The van der Waals surface area contributed by atoms with Gasteiger partial charge in [0, 0.05) is 24.3 Å². The molecule has 0 unspecified atom stereocenters. The lowest BCUT2D eigenvalue weighted by atomic mass is 10.00. The summed E-state index contributed by atoms with van der Waals surface area (Å²) in [7, 11) is 0. The number of benzene rings is 4. The van der Waals surface area contributed by atoms with Gasteiger partial charge in [0.15, 0.2) is 0 Å². The van der Waals surface area contributed by atoms with Crippen LogP contribution in [0.5, 0.6) is 0 Å². The number of hydrogen-bond donors (Lipinski definition) is 2. The smallest absolute Gasteiger partial charge is 0.245 e. The van der Waals surface area contributed by atoms with Gasteiger partial charge in [-0.05, 0) is 86.1 Å². The molecule has 0 spiro atoms. The minimum atomic E-state index is -0.318. The maximum atomic E-state index is 14.5. The molecule has 8 rings (SSSR count). The minimum absolute atomic E-state index is 0.0848. The van der Waals surface area contributed by atoms with Gasteiger partial charge >= 0.3 is 0 Å². The lowest BCUT2D eigenvalue weighted by Crippen LogP contribution is -2.43. The second-order valence-electron chi connectivity index (χ2n) is 17.0. The molecule has 2 aliphatic heterocycles. The summed E-state index contributed by atoms with van der Waals surface area (Å²) >= 11 is 0. The topological polar surface area (TPSA) is 104 Å². The molecule has 4 aromatic carbocycles. The van der Waals surface area contributed by atoms with Gasteiger partial charge in [0.25, 0.3) is 0 Å². The number of nitrogens with zero attached hydrogens (tertiary/aromatic N) is 6. The Labute approximate surface area is 373 Å². The first-order valence-electron chi connectivity index (χ1n) is 23.4. The normalized spacial score (nSPS) is 17.5. The van der Waals surface area contributed by atoms with Crippen LogP contribution >= 0.6 is 0 Å². The van der Waals surface area contributed by atoms with Gasteiger partial charge in [-0.2, -0.15) is 0 Å². The number of amides is 2. The molecule has 2 amide bonds. The third kappa shape index (κ3) is 9.15. The van der Waals surface area contributed by atoms with Gasteiger partial charge in [0.05, 0.1) is 29.7 Å². The standard InChI is InChI=1S/C53H64N8O2/c1-6-19-43-47(57-51(55-43)46-25-18-35-61(46)53(63)49(59(9-4)10-5)42-22-15-12-16-23-42)40-32-28-38(29-33-40)37-26-30-39(31-27-37)44-36-54-50(56-44)45-24-17-34-60(45)52(62)48(58(7-2)8-3)41-20-13-11-14-21-41/h11-16,20-23,26-33,36,45-46,48-49H,6-10,17-19,24-25,34-35H2,1-5H3,(H,54,56)(H,55,57)/t45-,46-,48+,49+/m0/s1. The highest BCUT2D eigenvalue weighted by molar-refractivity contribution is 5.85. The van der Waals surface area contributed by atoms with Gasteiger partial charge in [-0.15, -0.1) is 0 Å². The van der Waals surface area contributed by atoms with Crippen LogP contribution in [0.2, 0.25) is 0 Å². The Balaban J connectivity index is 0.974. The van der Waals surface area contributed by atoms with E-state index in [1.807, 2.05) is 47.5 Å². The summed E-state index contributed by atoms with van der Waals surface area (Å²) in [5, 5.41) is 0. The molecule has 328 valence electrons. The number of H-pyrrole nitrogens is 2. The molecular formula is C53H64N8O2. The summed E-state index contributed by atoms with van der Waals surface area (Å²) in [6.45, 7) is 15.4. The van der Waals surface area contributed by atoms with Gasteiger partial charge < -0.3 is 19.8 Å². The molecule has 4 heterocycles. The second-order valence-corrected chi connectivity index (χ2v) is 17.0. The first-order chi connectivity index (χ1) is 30.9. The molecule has 0 radical (unpaired) electrons. The fourth-order valence-corrected chi connectivity index (χ4v) is 9.98. The van der Waals surface area contributed by atoms with Gasteiger partial charge in [-0.25, -0.2) is 9.97 Å². The van der Waals surface area contributed by atoms with E-state index < -0.39 is 0 Å². The van der Waals surface area contributed by atoms with E-state index in [9.17, 15) is 9.59 Å². The van der Waals surface area contributed by atoms with Crippen molar-refractivity contribution in [2.45, 2.75) is 97.3 Å². The molecule has 2 fully saturated rings. The zero-order valence-electron chi connectivity index (χ0n) is 37.8. The van der Waals surface area contributed by atoms with Crippen molar-refractivity contribution in [3.8, 4) is 33.6 Å². The summed E-state index contributed by atoms with van der Waals surface area (Å²) in [6, 6.07) is 36.9. The number of aryl methyl sites for hydroxylation is 1. The highest BCUT2D eigenvalue weighted by atomic mass is 16.2. The summed E-state index contributed by atoms with van der Waals surface area (Å²) < 4.78 is 0. The average Bonchev–Trinajstić information content (AvgIpc) is 4.18. The van der Waals surface area contributed by atoms with E-state index in [0.29, 0.717) is 0 Å². The van der Waals surface area contributed by atoms with E-state index in [0.717, 1.165) is 140 Å². The Morgan fingerprint density at radius 2 is 1.06 bits per heavy atom. The molecule has 0 bridgehead atoms. The molecule has 10 heteroatoms. The fourth-order valence-electron chi connectivity index (χ4n) is 9.98. The van der Waals surface area contributed by atoms with E-state index in [-0.39, 0.29) is 36.0 Å². The molecule has 2 saturated heterocycles. The lowest BCUT2D eigenvalue weighted by Gasteiger charge is -2.34. The summed E-state index contributed by atoms with van der Waals surface area (Å²) in [5.41, 5.74) is 9.48. The van der Waals surface area contributed by atoms with Crippen LogP contribution in [0.15, 0.2) is 115 Å². The first kappa shape index (κ1) is 43.8. The Morgan fingerprint density at radius 1 is 0.603 bits per heavy atom.